The second-order valence-electron chi connectivity index (χ2n) is 3.14. The SMILES string of the molecule is [Br-].c1ccc2c(c1)[nH]c1c[nH+]ccc12. The molecule has 0 fully saturated rings. The quantitative estimate of drug-likeness (QED) is 0.537. The van der Waals surface area contributed by atoms with Gasteiger partial charge >= 0.3 is 0 Å². The van der Waals surface area contributed by atoms with Gasteiger partial charge in [0.25, 0.3) is 0 Å². The minimum atomic E-state index is 0. The van der Waals surface area contributed by atoms with Crippen molar-refractivity contribution in [3.63, 3.8) is 0 Å². The minimum Gasteiger partial charge on any atom is -1.00 e. The van der Waals surface area contributed by atoms with Crippen molar-refractivity contribution in [2.45, 2.75) is 0 Å². The molecule has 0 bridgehead atoms. The third kappa shape index (κ3) is 1.21. The molecule has 0 saturated carbocycles. The van der Waals surface area contributed by atoms with Gasteiger partial charge in [-0.2, -0.15) is 0 Å². The molecule has 0 unspecified atom stereocenters. The summed E-state index contributed by atoms with van der Waals surface area (Å²) < 4.78 is 0. The van der Waals surface area contributed by atoms with E-state index in [1.165, 1.54) is 16.3 Å². The summed E-state index contributed by atoms with van der Waals surface area (Å²) in [6.07, 6.45) is 3.93. The third-order valence-electron chi connectivity index (χ3n) is 2.35. The van der Waals surface area contributed by atoms with E-state index < -0.39 is 0 Å². The van der Waals surface area contributed by atoms with Crippen molar-refractivity contribution in [1.82, 2.24) is 4.98 Å². The Morgan fingerprint density at radius 3 is 2.64 bits per heavy atom. The number of hydrogen-bond donors (Lipinski definition) is 1. The fourth-order valence-corrected chi connectivity index (χ4v) is 1.74. The molecule has 0 aliphatic heterocycles. The lowest BCUT2D eigenvalue weighted by molar-refractivity contribution is -0.376. The zero-order chi connectivity index (χ0) is 8.67. The van der Waals surface area contributed by atoms with Gasteiger partial charge in [-0.1, -0.05) is 18.2 Å². The number of benzene rings is 1. The number of pyridine rings is 1. The molecular formula is C11H9BrN2. The van der Waals surface area contributed by atoms with Crippen LogP contribution in [0, 0.1) is 0 Å². The van der Waals surface area contributed by atoms with Crippen LogP contribution in [-0.4, -0.2) is 4.98 Å². The number of nitrogens with one attached hydrogen (secondary N) is 2. The first-order chi connectivity index (χ1) is 6.45. The maximum absolute atomic E-state index is 3.35. The molecule has 0 spiro atoms. The van der Waals surface area contributed by atoms with E-state index in [-0.39, 0.29) is 17.0 Å². The average Bonchev–Trinajstić information content (AvgIpc) is 2.56. The van der Waals surface area contributed by atoms with Gasteiger partial charge in [-0.25, -0.2) is 4.98 Å². The molecule has 0 aliphatic carbocycles. The summed E-state index contributed by atoms with van der Waals surface area (Å²) in [5, 5.41) is 2.56. The molecule has 0 atom stereocenters. The lowest BCUT2D eigenvalue weighted by atomic mass is 10.2. The molecule has 2 nitrogen and oxygen atoms in total. The molecule has 0 radical (unpaired) electrons. The number of aromatic nitrogens is 2. The van der Waals surface area contributed by atoms with Crippen LogP contribution in [0.25, 0.3) is 21.8 Å². The van der Waals surface area contributed by atoms with Crippen LogP contribution in [0.2, 0.25) is 0 Å². The first-order valence-electron chi connectivity index (χ1n) is 4.32. The van der Waals surface area contributed by atoms with Crippen molar-refractivity contribution in [1.29, 1.82) is 0 Å². The number of fused-ring (bicyclic) bond motifs is 3. The number of rotatable bonds is 0. The normalized spacial score (nSPS) is 10.3. The van der Waals surface area contributed by atoms with E-state index >= 15 is 0 Å². The summed E-state index contributed by atoms with van der Waals surface area (Å²) in [6.45, 7) is 0. The van der Waals surface area contributed by atoms with Gasteiger partial charge in [-0.15, -0.1) is 0 Å². The van der Waals surface area contributed by atoms with Gasteiger partial charge in [-0.3, -0.25) is 0 Å². The largest absolute Gasteiger partial charge is 1.00 e. The van der Waals surface area contributed by atoms with Crippen molar-refractivity contribution in [3.05, 3.63) is 42.7 Å². The van der Waals surface area contributed by atoms with Gasteiger partial charge in [0.2, 0.25) is 0 Å². The summed E-state index contributed by atoms with van der Waals surface area (Å²) in [5.74, 6) is 0. The topological polar surface area (TPSA) is 29.9 Å². The van der Waals surface area contributed by atoms with E-state index in [1.807, 2.05) is 18.5 Å². The first kappa shape index (κ1) is 9.21. The summed E-state index contributed by atoms with van der Waals surface area (Å²) in [7, 11) is 0. The van der Waals surface area contributed by atoms with Crippen LogP contribution in [0.5, 0.6) is 0 Å². The summed E-state index contributed by atoms with van der Waals surface area (Å²) in [5.41, 5.74) is 2.35. The van der Waals surface area contributed by atoms with E-state index in [4.69, 9.17) is 0 Å². The Bertz CT molecular complexity index is 521. The molecule has 2 heterocycles. The van der Waals surface area contributed by atoms with Gasteiger partial charge < -0.3 is 22.0 Å². The average molecular weight is 249 g/mol. The monoisotopic (exact) mass is 248 g/mol. The molecule has 0 saturated heterocycles. The number of aromatic amines is 2. The zero-order valence-electron chi connectivity index (χ0n) is 7.42. The number of para-hydroxylation sites is 1. The van der Waals surface area contributed by atoms with Gasteiger partial charge in [0.1, 0.15) is 5.52 Å². The number of halogens is 1. The van der Waals surface area contributed by atoms with Gasteiger partial charge in [-0.05, 0) is 6.07 Å². The van der Waals surface area contributed by atoms with Crippen LogP contribution < -0.4 is 22.0 Å². The fraction of sp³-hybridized carbons (Fsp3) is 0. The van der Waals surface area contributed by atoms with Crippen LogP contribution >= 0.6 is 0 Å². The van der Waals surface area contributed by atoms with E-state index in [1.54, 1.807) is 0 Å². The third-order valence-corrected chi connectivity index (χ3v) is 2.35. The van der Waals surface area contributed by atoms with Crippen molar-refractivity contribution in [3.8, 4) is 0 Å². The Labute approximate surface area is 91.7 Å². The predicted octanol–water partition coefficient (Wildman–Crippen LogP) is -0.861. The molecule has 14 heavy (non-hydrogen) atoms. The molecular weight excluding hydrogens is 240 g/mol. The Kier molecular flexibility index (Phi) is 2.25. The Morgan fingerprint density at radius 2 is 1.71 bits per heavy atom. The van der Waals surface area contributed by atoms with Gasteiger partial charge in [0, 0.05) is 22.4 Å². The smallest absolute Gasteiger partial charge is 0.191 e. The summed E-state index contributed by atoms with van der Waals surface area (Å²) in [4.78, 5) is 6.41. The van der Waals surface area contributed by atoms with E-state index in [0.29, 0.717) is 0 Å². The van der Waals surface area contributed by atoms with Crippen LogP contribution in [0.4, 0.5) is 0 Å². The predicted molar refractivity (Wildman–Crippen MR) is 52.4 cm³/mol. The van der Waals surface area contributed by atoms with Crippen molar-refractivity contribution < 1.29 is 22.0 Å². The van der Waals surface area contributed by atoms with Gasteiger partial charge in [0.15, 0.2) is 12.4 Å². The highest BCUT2D eigenvalue weighted by molar-refractivity contribution is 6.06. The van der Waals surface area contributed by atoms with Crippen molar-refractivity contribution in [2.24, 2.45) is 0 Å². The van der Waals surface area contributed by atoms with Gasteiger partial charge in [0.05, 0.1) is 0 Å². The van der Waals surface area contributed by atoms with E-state index in [0.717, 1.165) is 5.52 Å². The molecule has 1 aromatic carbocycles. The Balaban J connectivity index is 0.000000750. The molecule has 2 aromatic heterocycles. The number of H-pyrrole nitrogens is 2. The molecule has 3 aromatic rings. The molecule has 70 valence electrons. The maximum Gasteiger partial charge on any atom is 0.191 e. The molecule has 3 heteroatoms. The van der Waals surface area contributed by atoms with Crippen LogP contribution in [0.3, 0.4) is 0 Å². The van der Waals surface area contributed by atoms with Crippen molar-refractivity contribution >= 4 is 21.8 Å². The minimum absolute atomic E-state index is 0. The molecule has 3 rings (SSSR count). The van der Waals surface area contributed by atoms with E-state index in [2.05, 4.69) is 34.2 Å². The molecule has 2 N–H and O–H groups in total. The van der Waals surface area contributed by atoms with E-state index in [9.17, 15) is 0 Å². The molecule has 0 aliphatic rings. The zero-order valence-corrected chi connectivity index (χ0v) is 9.01. The van der Waals surface area contributed by atoms with Crippen LogP contribution in [-0.2, 0) is 0 Å². The lowest BCUT2D eigenvalue weighted by Gasteiger charge is -1.85. The maximum atomic E-state index is 3.35. The highest BCUT2D eigenvalue weighted by Gasteiger charge is 2.03. The summed E-state index contributed by atoms with van der Waals surface area (Å²) in [6, 6.07) is 10.4. The van der Waals surface area contributed by atoms with Crippen LogP contribution in [0.15, 0.2) is 42.7 Å². The second-order valence-corrected chi connectivity index (χ2v) is 3.14. The Hall–Kier alpha value is -1.35. The Morgan fingerprint density at radius 1 is 0.929 bits per heavy atom. The van der Waals surface area contributed by atoms with Crippen molar-refractivity contribution in [2.75, 3.05) is 0 Å². The summed E-state index contributed by atoms with van der Waals surface area (Å²) >= 11 is 0. The number of hydrogen-bond acceptors (Lipinski definition) is 0. The fourth-order valence-electron chi connectivity index (χ4n) is 1.74. The first-order valence-corrected chi connectivity index (χ1v) is 4.32. The second kappa shape index (κ2) is 3.42. The molecule has 0 amide bonds. The highest BCUT2D eigenvalue weighted by atomic mass is 79.9. The standard InChI is InChI=1S/C11H8N2.BrH/c1-2-4-10-8(3-1)9-5-6-12-7-11(9)13-10;/h1-7,13H;1H. The highest BCUT2D eigenvalue weighted by Crippen LogP contribution is 2.22. The lowest BCUT2D eigenvalue weighted by Crippen LogP contribution is -3.00. The van der Waals surface area contributed by atoms with Crippen LogP contribution in [0.1, 0.15) is 0 Å².